The predicted molar refractivity (Wildman–Crippen MR) is 104 cm³/mol. The molecule has 2 rings (SSSR count). The molecule has 142 valence electrons. The number of amides is 2. The summed E-state index contributed by atoms with van der Waals surface area (Å²) in [6, 6.07) is -0.107. The van der Waals surface area contributed by atoms with Crippen molar-refractivity contribution in [3.05, 3.63) is 12.7 Å². The Bertz CT molecular complexity index is 507. The molecule has 0 bridgehead atoms. The fraction of sp³-hybridized carbons (Fsp3) is 0.789. The van der Waals surface area contributed by atoms with Crippen molar-refractivity contribution >= 4 is 23.6 Å². The third-order valence-corrected chi connectivity index (χ3v) is 5.71. The number of rotatable bonds is 6. The molecule has 6 heteroatoms. The first-order chi connectivity index (χ1) is 11.7. The molecule has 0 radical (unpaired) electrons. The summed E-state index contributed by atoms with van der Waals surface area (Å²) in [5.74, 6) is 1.38. The van der Waals surface area contributed by atoms with E-state index in [0.717, 1.165) is 25.0 Å². The Balaban J connectivity index is 2.04. The summed E-state index contributed by atoms with van der Waals surface area (Å²) in [7, 11) is 0. The summed E-state index contributed by atoms with van der Waals surface area (Å²) < 4.78 is 0. The number of piperidine rings is 1. The monoisotopic (exact) mass is 367 g/mol. The van der Waals surface area contributed by atoms with Gasteiger partial charge in [0.2, 0.25) is 11.8 Å². The maximum atomic E-state index is 12.8. The van der Waals surface area contributed by atoms with Gasteiger partial charge in [0.15, 0.2) is 0 Å². The number of likely N-dealkylation sites (tertiary alicyclic amines) is 1. The first kappa shape index (κ1) is 20.3. The number of thioether (sulfide) groups is 1. The number of nitrogens with one attached hydrogen (secondary N) is 1. The van der Waals surface area contributed by atoms with E-state index in [2.05, 4.69) is 38.9 Å². The fourth-order valence-electron chi connectivity index (χ4n) is 3.79. The Morgan fingerprint density at radius 1 is 1.40 bits per heavy atom. The number of hydrogen-bond donors (Lipinski definition) is 1. The van der Waals surface area contributed by atoms with Crippen LogP contribution in [0.4, 0.5) is 0 Å². The molecule has 2 saturated heterocycles. The van der Waals surface area contributed by atoms with Gasteiger partial charge in [0, 0.05) is 38.9 Å². The molecule has 1 unspecified atom stereocenters. The second kappa shape index (κ2) is 8.12. The van der Waals surface area contributed by atoms with E-state index in [4.69, 9.17) is 0 Å². The van der Waals surface area contributed by atoms with Gasteiger partial charge >= 0.3 is 0 Å². The first-order valence-corrected chi connectivity index (χ1v) is 10.6. The number of nitrogens with zero attached hydrogens (tertiary/aromatic N) is 2. The smallest absolute Gasteiger partial charge is 0.241 e. The van der Waals surface area contributed by atoms with Crippen molar-refractivity contribution in [2.24, 2.45) is 5.41 Å². The van der Waals surface area contributed by atoms with E-state index in [0.29, 0.717) is 26.1 Å². The van der Waals surface area contributed by atoms with Crippen molar-refractivity contribution in [2.45, 2.75) is 58.2 Å². The molecule has 1 atom stereocenters. The average Bonchev–Trinajstić information content (AvgIpc) is 2.78. The quantitative estimate of drug-likeness (QED) is 0.733. The van der Waals surface area contributed by atoms with Gasteiger partial charge in [-0.2, -0.15) is 11.8 Å². The molecule has 2 amide bonds. The maximum absolute atomic E-state index is 12.8. The molecule has 1 N–H and O–H groups in total. The van der Waals surface area contributed by atoms with Crippen molar-refractivity contribution in [1.82, 2.24) is 15.1 Å². The zero-order valence-corrected chi connectivity index (χ0v) is 17.0. The summed E-state index contributed by atoms with van der Waals surface area (Å²) in [6.45, 7) is 12.1. The van der Waals surface area contributed by atoms with E-state index in [1.165, 1.54) is 0 Å². The maximum Gasteiger partial charge on any atom is 0.241 e. The molecule has 0 saturated carbocycles. The summed E-state index contributed by atoms with van der Waals surface area (Å²) >= 11 is 1.77. The lowest BCUT2D eigenvalue weighted by molar-refractivity contribution is -0.137. The molecule has 2 aliphatic rings. The molecule has 0 aliphatic carbocycles. The largest absolute Gasteiger partial charge is 0.342 e. The second-order valence-electron chi connectivity index (χ2n) is 8.37. The van der Waals surface area contributed by atoms with E-state index in [1.54, 1.807) is 17.8 Å². The highest BCUT2D eigenvalue weighted by Crippen LogP contribution is 2.34. The third kappa shape index (κ3) is 4.79. The number of hydrogen-bond acceptors (Lipinski definition) is 4. The van der Waals surface area contributed by atoms with Crippen LogP contribution in [0, 0.1) is 5.41 Å². The zero-order valence-electron chi connectivity index (χ0n) is 16.1. The summed E-state index contributed by atoms with van der Waals surface area (Å²) in [5.41, 5.74) is -0.307. The van der Waals surface area contributed by atoms with Gasteiger partial charge in [-0.3, -0.25) is 14.9 Å². The highest BCUT2D eigenvalue weighted by atomic mass is 32.2. The zero-order chi connectivity index (χ0) is 18.7. The molecule has 1 spiro atoms. The standard InChI is InChI=1S/C19H33N3O2S/c1-6-10-22-17(24)15(7-13-25-5)20-19(22)8-11-21(12-9-19)16(23)14-18(2,3)4/h6,15,20H,1,7-14H2,2-5H3. The van der Waals surface area contributed by atoms with Crippen LogP contribution >= 0.6 is 11.8 Å². The number of carbonyl (C=O) groups excluding carboxylic acids is 2. The van der Waals surface area contributed by atoms with Crippen LogP contribution in [0.15, 0.2) is 12.7 Å². The van der Waals surface area contributed by atoms with Crippen LogP contribution < -0.4 is 5.32 Å². The molecule has 0 aromatic heterocycles. The lowest BCUT2D eigenvalue weighted by atomic mass is 9.90. The van der Waals surface area contributed by atoms with Crippen LogP contribution in [0.1, 0.15) is 46.5 Å². The van der Waals surface area contributed by atoms with Gasteiger partial charge in [-0.1, -0.05) is 26.8 Å². The lowest BCUT2D eigenvalue weighted by Crippen LogP contribution is -2.59. The molecule has 2 aliphatic heterocycles. The molecule has 0 aromatic rings. The van der Waals surface area contributed by atoms with Gasteiger partial charge < -0.3 is 9.80 Å². The normalized spacial score (nSPS) is 23.4. The van der Waals surface area contributed by atoms with E-state index < -0.39 is 0 Å². The Morgan fingerprint density at radius 2 is 2.04 bits per heavy atom. The fourth-order valence-corrected chi connectivity index (χ4v) is 4.27. The van der Waals surface area contributed by atoms with E-state index in [1.807, 2.05) is 9.80 Å². The van der Waals surface area contributed by atoms with Gasteiger partial charge in [-0.25, -0.2) is 0 Å². The van der Waals surface area contributed by atoms with Gasteiger partial charge in [-0.15, -0.1) is 6.58 Å². The van der Waals surface area contributed by atoms with E-state index >= 15 is 0 Å². The third-order valence-electron chi connectivity index (χ3n) is 5.07. The lowest BCUT2D eigenvalue weighted by Gasteiger charge is -2.44. The second-order valence-corrected chi connectivity index (χ2v) is 9.35. The summed E-state index contributed by atoms with van der Waals surface area (Å²) in [4.78, 5) is 29.2. The molecular formula is C19H33N3O2S. The molecule has 25 heavy (non-hydrogen) atoms. The van der Waals surface area contributed by atoms with Crippen LogP contribution in [0.5, 0.6) is 0 Å². The van der Waals surface area contributed by atoms with Crippen molar-refractivity contribution in [1.29, 1.82) is 0 Å². The minimum absolute atomic E-state index is 0.00554. The molecule has 2 heterocycles. The topological polar surface area (TPSA) is 52.7 Å². The SMILES string of the molecule is C=CCN1C(=O)C(CCSC)NC12CCN(C(=O)CC(C)(C)C)CC2. The summed E-state index contributed by atoms with van der Waals surface area (Å²) in [6.07, 6.45) is 6.86. The minimum Gasteiger partial charge on any atom is -0.342 e. The molecule has 5 nitrogen and oxygen atoms in total. The van der Waals surface area contributed by atoms with Crippen molar-refractivity contribution in [3.8, 4) is 0 Å². The van der Waals surface area contributed by atoms with Crippen molar-refractivity contribution in [2.75, 3.05) is 31.6 Å². The first-order valence-electron chi connectivity index (χ1n) is 9.19. The van der Waals surface area contributed by atoms with Crippen LogP contribution in [0.25, 0.3) is 0 Å². The van der Waals surface area contributed by atoms with Gasteiger partial charge in [0.05, 0.1) is 11.7 Å². The minimum atomic E-state index is -0.313. The number of carbonyl (C=O) groups is 2. The highest BCUT2D eigenvalue weighted by Gasteiger charge is 2.51. The van der Waals surface area contributed by atoms with Crippen LogP contribution in [0.2, 0.25) is 0 Å². The Morgan fingerprint density at radius 3 is 2.56 bits per heavy atom. The van der Waals surface area contributed by atoms with Crippen molar-refractivity contribution < 1.29 is 9.59 Å². The highest BCUT2D eigenvalue weighted by molar-refractivity contribution is 7.98. The van der Waals surface area contributed by atoms with Crippen LogP contribution in [-0.4, -0.2) is 65.0 Å². The molecular weight excluding hydrogens is 334 g/mol. The predicted octanol–water partition coefficient (Wildman–Crippen LogP) is 2.48. The average molecular weight is 368 g/mol. The molecule has 2 fully saturated rings. The molecule has 0 aromatic carbocycles. The Kier molecular flexibility index (Phi) is 6.60. The van der Waals surface area contributed by atoms with Crippen LogP contribution in [-0.2, 0) is 9.59 Å². The Hall–Kier alpha value is -1.01. The van der Waals surface area contributed by atoms with E-state index in [9.17, 15) is 9.59 Å². The van der Waals surface area contributed by atoms with Gasteiger partial charge in [0.25, 0.3) is 0 Å². The van der Waals surface area contributed by atoms with Gasteiger partial charge in [-0.05, 0) is 23.8 Å². The van der Waals surface area contributed by atoms with Crippen LogP contribution in [0.3, 0.4) is 0 Å². The van der Waals surface area contributed by atoms with Gasteiger partial charge in [0.1, 0.15) is 0 Å². The van der Waals surface area contributed by atoms with E-state index in [-0.39, 0.29) is 28.9 Å². The Labute approximate surface area is 156 Å². The van der Waals surface area contributed by atoms with Crippen molar-refractivity contribution in [3.63, 3.8) is 0 Å². The summed E-state index contributed by atoms with van der Waals surface area (Å²) in [5, 5.41) is 3.61.